The summed E-state index contributed by atoms with van der Waals surface area (Å²) < 4.78 is 0. The van der Waals surface area contributed by atoms with Crippen LogP contribution in [0.25, 0.3) is 0 Å². The van der Waals surface area contributed by atoms with Crippen LogP contribution in [0.15, 0.2) is 58.7 Å². The number of imide groups is 1. The van der Waals surface area contributed by atoms with Gasteiger partial charge in [-0.3, -0.25) is 24.1 Å². The smallest absolute Gasteiger partial charge is 0.233 e. The molecule has 35 heavy (non-hydrogen) atoms. The monoisotopic (exact) mass is 471 g/mol. The van der Waals surface area contributed by atoms with Gasteiger partial charge in [0, 0.05) is 34.2 Å². The van der Waals surface area contributed by atoms with Gasteiger partial charge < -0.3 is 5.11 Å². The molecule has 1 N–H and O–H groups in total. The van der Waals surface area contributed by atoms with E-state index in [2.05, 4.69) is 0 Å². The van der Waals surface area contributed by atoms with Crippen LogP contribution in [0.2, 0.25) is 0 Å². The Kier molecular flexibility index (Phi) is 5.17. The number of benzene rings is 1. The molecular weight excluding hydrogens is 442 g/mol. The average Bonchev–Trinajstić information content (AvgIpc) is 3.12. The van der Waals surface area contributed by atoms with E-state index in [1.807, 2.05) is 6.08 Å². The molecule has 1 saturated heterocycles. The van der Waals surface area contributed by atoms with E-state index < -0.39 is 17.8 Å². The molecule has 0 bridgehead atoms. The Balaban J connectivity index is 1.47. The van der Waals surface area contributed by atoms with Crippen molar-refractivity contribution in [2.75, 3.05) is 0 Å². The molecule has 180 valence electrons. The van der Waals surface area contributed by atoms with Gasteiger partial charge in [0.1, 0.15) is 5.75 Å². The minimum absolute atomic E-state index is 0.0341. The maximum Gasteiger partial charge on any atom is 0.233 e. The number of fused-ring (bicyclic) bond motifs is 3. The molecule has 1 aromatic rings. The van der Waals surface area contributed by atoms with Crippen molar-refractivity contribution in [3.05, 3.63) is 64.3 Å². The number of rotatable bonds is 2. The summed E-state index contributed by atoms with van der Waals surface area (Å²) in [6.07, 6.45) is 9.00. The predicted molar refractivity (Wildman–Crippen MR) is 128 cm³/mol. The number of hydrogen-bond acceptors (Lipinski definition) is 5. The Labute approximate surface area is 204 Å². The lowest BCUT2D eigenvalue weighted by Gasteiger charge is -2.42. The zero-order valence-electron chi connectivity index (χ0n) is 19.8. The molecule has 2 fully saturated rings. The quantitative estimate of drug-likeness (QED) is 0.397. The number of phenols is 1. The minimum atomic E-state index is -0.599. The standard InChI is InChI=1S/C29H29NO5/c1-15-13-23(32)26-21(27(15)33)14-20-17(24(26)18-9-5-6-10-22(18)31)11-12-19-25(20)29(35)30(28(19)34)16-7-3-2-4-8-16/h5-6,9-11,13,16,19-20,24-25,31H,2-4,7-8,12,14H2,1H3/t19-,20+,24+,25-/m0/s1. The Bertz CT molecular complexity index is 1260. The fourth-order valence-electron chi connectivity index (χ4n) is 7.19. The molecule has 5 aliphatic rings. The summed E-state index contributed by atoms with van der Waals surface area (Å²) >= 11 is 0. The third kappa shape index (κ3) is 3.22. The van der Waals surface area contributed by atoms with E-state index in [-0.39, 0.29) is 47.5 Å². The van der Waals surface area contributed by atoms with Crippen LogP contribution < -0.4 is 0 Å². The van der Waals surface area contributed by atoms with E-state index in [1.165, 1.54) is 6.08 Å². The van der Waals surface area contributed by atoms with E-state index in [0.29, 0.717) is 28.7 Å². The van der Waals surface area contributed by atoms with E-state index in [4.69, 9.17) is 0 Å². The van der Waals surface area contributed by atoms with Crippen molar-refractivity contribution in [1.82, 2.24) is 4.90 Å². The lowest BCUT2D eigenvalue weighted by Crippen LogP contribution is -2.43. The van der Waals surface area contributed by atoms with Crippen LogP contribution in [0.4, 0.5) is 0 Å². The first-order valence-corrected chi connectivity index (χ1v) is 12.7. The van der Waals surface area contributed by atoms with E-state index in [9.17, 15) is 24.3 Å². The number of carbonyl (C=O) groups is 4. The molecule has 0 aromatic heterocycles. The largest absolute Gasteiger partial charge is 0.508 e. The number of hydrogen-bond donors (Lipinski definition) is 1. The molecule has 1 aliphatic heterocycles. The summed E-state index contributed by atoms with van der Waals surface area (Å²) in [5.74, 6) is -2.43. The first kappa shape index (κ1) is 22.2. The number of carbonyl (C=O) groups excluding carboxylic acids is 4. The summed E-state index contributed by atoms with van der Waals surface area (Å²) in [6, 6.07) is 6.85. The van der Waals surface area contributed by atoms with Crippen LogP contribution in [0.5, 0.6) is 5.75 Å². The summed E-state index contributed by atoms with van der Waals surface area (Å²) in [7, 11) is 0. The van der Waals surface area contributed by atoms with E-state index in [1.54, 1.807) is 36.1 Å². The second-order valence-electron chi connectivity index (χ2n) is 10.6. The SMILES string of the molecule is CC1=CC(=O)C2=C(C[C@@H]3C(=CC[C@@H]4C(=O)N(C5CCCCC5)C(=O)[C@@H]43)[C@@H]2c2ccccc2O)C1=O. The molecular formula is C29H29NO5. The third-order valence-corrected chi connectivity index (χ3v) is 8.78. The Morgan fingerprint density at radius 3 is 2.43 bits per heavy atom. The van der Waals surface area contributed by atoms with Gasteiger partial charge in [-0.25, -0.2) is 0 Å². The van der Waals surface area contributed by atoms with Crippen LogP contribution in [0.1, 0.15) is 63.4 Å². The second-order valence-corrected chi connectivity index (χ2v) is 10.6. The zero-order chi connectivity index (χ0) is 24.4. The molecule has 4 atom stereocenters. The number of nitrogens with zero attached hydrogens (tertiary/aromatic N) is 1. The van der Waals surface area contributed by atoms with Gasteiger partial charge in [-0.15, -0.1) is 0 Å². The Morgan fingerprint density at radius 1 is 0.943 bits per heavy atom. The predicted octanol–water partition coefficient (Wildman–Crippen LogP) is 4.15. The minimum Gasteiger partial charge on any atom is -0.508 e. The van der Waals surface area contributed by atoms with Gasteiger partial charge in [0.05, 0.1) is 11.8 Å². The van der Waals surface area contributed by atoms with Gasteiger partial charge in [-0.1, -0.05) is 49.1 Å². The first-order valence-electron chi connectivity index (χ1n) is 12.7. The fraction of sp³-hybridized carbons (Fsp3) is 0.448. The van der Waals surface area contributed by atoms with Crippen LogP contribution in [-0.4, -0.2) is 39.4 Å². The summed E-state index contributed by atoms with van der Waals surface area (Å²) in [5.41, 5.74) is 2.67. The van der Waals surface area contributed by atoms with Gasteiger partial charge in [-0.2, -0.15) is 0 Å². The van der Waals surface area contributed by atoms with Crippen LogP contribution in [0, 0.1) is 17.8 Å². The van der Waals surface area contributed by atoms with Crippen LogP contribution in [-0.2, 0) is 19.2 Å². The highest BCUT2D eigenvalue weighted by Crippen LogP contribution is 2.56. The summed E-state index contributed by atoms with van der Waals surface area (Å²) in [4.78, 5) is 55.4. The first-order chi connectivity index (χ1) is 16.9. The molecule has 1 saturated carbocycles. The number of phenolic OH excluding ortho intramolecular Hbond substituents is 1. The number of amides is 2. The number of ketones is 2. The molecule has 0 spiro atoms. The number of Topliss-reactive ketones (excluding diaryl/α,β-unsaturated/α-hetero) is 1. The molecule has 0 radical (unpaired) electrons. The molecule has 1 aromatic carbocycles. The van der Waals surface area contributed by atoms with Crippen molar-refractivity contribution in [2.24, 2.45) is 17.8 Å². The molecule has 6 heteroatoms. The second kappa shape index (κ2) is 8.14. The number of likely N-dealkylation sites (tertiary alicyclic amines) is 1. The van der Waals surface area contributed by atoms with Crippen molar-refractivity contribution in [1.29, 1.82) is 0 Å². The highest BCUT2D eigenvalue weighted by Gasteiger charge is 2.57. The molecule has 2 amide bonds. The van der Waals surface area contributed by atoms with Crippen molar-refractivity contribution < 1.29 is 24.3 Å². The molecule has 4 aliphatic carbocycles. The molecule has 6 rings (SSSR count). The fourth-order valence-corrected chi connectivity index (χ4v) is 7.19. The lowest BCUT2D eigenvalue weighted by molar-refractivity contribution is -0.143. The summed E-state index contributed by atoms with van der Waals surface area (Å²) in [5, 5.41) is 10.8. The number of allylic oxidation sites excluding steroid dienone is 6. The topological polar surface area (TPSA) is 91.8 Å². The Morgan fingerprint density at radius 2 is 1.69 bits per heavy atom. The highest BCUT2D eigenvalue weighted by molar-refractivity contribution is 6.23. The number of aromatic hydroxyl groups is 1. The normalized spacial score (nSPS) is 31.2. The highest BCUT2D eigenvalue weighted by atomic mass is 16.3. The summed E-state index contributed by atoms with van der Waals surface area (Å²) in [6.45, 7) is 1.64. The third-order valence-electron chi connectivity index (χ3n) is 8.78. The lowest BCUT2D eigenvalue weighted by atomic mass is 9.59. The van der Waals surface area contributed by atoms with Crippen molar-refractivity contribution in [3.63, 3.8) is 0 Å². The van der Waals surface area contributed by atoms with Crippen molar-refractivity contribution >= 4 is 23.4 Å². The van der Waals surface area contributed by atoms with Crippen molar-refractivity contribution in [2.45, 2.75) is 63.8 Å². The molecule has 0 unspecified atom stereocenters. The van der Waals surface area contributed by atoms with Crippen LogP contribution in [0.3, 0.4) is 0 Å². The maximum atomic E-state index is 13.8. The molecule has 6 nitrogen and oxygen atoms in total. The zero-order valence-corrected chi connectivity index (χ0v) is 19.8. The van der Waals surface area contributed by atoms with Crippen LogP contribution >= 0.6 is 0 Å². The molecule has 1 heterocycles. The Hall–Kier alpha value is -3.28. The van der Waals surface area contributed by atoms with E-state index >= 15 is 0 Å². The van der Waals surface area contributed by atoms with Gasteiger partial charge in [0.2, 0.25) is 11.8 Å². The van der Waals surface area contributed by atoms with Crippen molar-refractivity contribution in [3.8, 4) is 5.75 Å². The maximum absolute atomic E-state index is 13.8. The number of para-hydroxylation sites is 1. The van der Waals surface area contributed by atoms with Gasteiger partial charge in [-0.05, 0) is 50.7 Å². The average molecular weight is 472 g/mol. The van der Waals surface area contributed by atoms with Gasteiger partial charge in [0.25, 0.3) is 0 Å². The van der Waals surface area contributed by atoms with Gasteiger partial charge in [0.15, 0.2) is 11.6 Å². The van der Waals surface area contributed by atoms with E-state index in [0.717, 1.165) is 37.7 Å². The van der Waals surface area contributed by atoms with Gasteiger partial charge >= 0.3 is 0 Å².